The molecule has 0 bridgehead atoms. The summed E-state index contributed by atoms with van der Waals surface area (Å²) in [6.45, 7) is 0. The van der Waals surface area contributed by atoms with Crippen LogP contribution in [0.4, 0.5) is 0 Å². The Morgan fingerprint density at radius 1 is 0.462 bits per heavy atom. The van der Waals surface area contributed by atoms with Crippen LogP contribution in [-0.4, -0.2) is 33.6 Å². The summed E-state index contributed by atoms with van der Waals surface area (Å²) in [6, 6.07) is 39.4. The van der Waals surface area contributed by atoms with Gasteiger partial charge in [-0.15, -0.1) is 0 Å². The van der Waals surface area contributed by atoms with Crippen LogP contribution >= 0.6 is 0 Å². The molecule has 0 aliphatic heterocycles. The third kappa shape index (κ3) is 2.83. The maximum absolute atomic E-state index is 4.91. The molecule has 0 radical (unpaired) electrons. The van der Waals surface area contributed by atoms with Crippen LogP contribution in [0.5, 0.6) is 0 Å². The molecule has 5 aromatic carbocycles. The second-order valence-electron chi connectivity index (χ2n) is 9.86. The van der Waals surface area contributed by atoms with Gasteiger partial charge in [-0.1, -0.05) is 0 Å². The fraction of sp³-hybridized carbons (Fsp3) is 0. The van der Waals surface area contributed by atoms with Crippen molar-refractivity contribution in [2.24, 2.45) is 0 Å². The van der Waals surface area contributed by atoms with Crippen molar-refractivity contribution in [3.05, 3.63) is 122 Å². The molecule has 0 saturated heterocycles. The number of hydrogen-bond acceptors (Lipinski definition) is 2. The van der Waals surface area contributed by atoms with Gasteiger partial charge in [0.15, 0.2) is 0 Å². The fourth-order valence-electron chi connectivity index (χ4n) is 6.29. The van der Waals surface area contributed by atoms with Crippen molar-refractivity contribution in [2.75, 3.05) is 0 Å². The molecule has 5 heteroatoms. The first-order valence-corrected chi connectivity index (χ1v) is 14.7. The van der Waals surface area contributed by atoms with Crippen molar-refractivity contribution in [3.63, 3.8) is 0 Å². The maximum atomic E-state index is 4.91. The molecular weight excluding hydrogens is 543 g/mol. The van der Waals surface area contributed by atoms with Gasteiger partial charge in [0.1, 0.15) is 0 Å². The van der Waals surface area contributed by atoms with Gasteiger partial charge in [0.25, 0.3) is 0 Å². The molecule has 4 heterocycles. The molecule has 9 aromatic rings. The molecule has 0 spiro atoms. The van der Waals surface area contributed by atoms with Crippen LogP contribution in [0.1, 0.15) is 0 Å². The summed E-state index contributed by atoms with van der Waals surface area (Å²) < 4.78 is 7.27. The van der Waals surface area contributed by atoms with Gasteiger partial charge in [-0.3, -0.25) is 0 Å². The third-order valence-electron chi connectivity index (χ3n) is 7.86. The zero-order chi connectivity index (χ0) is 25.5. The summed E-state index contributed by atoms with van der Waals surface area (Å²) in [5, 5.41) is 6.26. The Kier molecular flexibility index (Phi) is 4.31. The van der Waals surface area contributed by atoms with Crippen LogP contribution in [0.2, 0.25) is 0 Å². The number of benzene rings is 5. The SMILES string of the molecule is c1ccc2c(c1)c1ccccc1n2-c1ccc(-n2c3ccccc3c3ccccc32)c2c1[se]c1nccnc12. The van der Waals surface area contributed by atoms with E-state index in [0.717, 1.165) is 15.6 Å². The van der Waals surface area contributed by atoms with Gasteiger partial charge in [-0.2, -0.15) is 0 Å². The van der Waals surface area contributed by atoms with E-state index in [4.69, 9.17) is 9.97 Å². The first kappa shape index (κ1) is 21.3. The summed E-state index contributed by atoms with van der Waals surface area (Å²) >= 11 is 0.0233. The molecule has 0 unspecified atom stereocenters. The number of fused-ring (bicyclic) bond motifs is 9. The standard InChI is InChI=1S/C34H20N4Se/c1-5-13-25-21(9-1)22-10-2-6-14-26(22)37(25)29-17-18-30(33-31(29)32-34(39-33)36-20-19-35-32)38-27-15-7-3-11-23(27)24-12-4-8-16-28(24)38/h1-20H. The molecule has 0 atom stereocenters. The molecule has 4 nitrogen and oxygen atoms in total. The second kappa shape index (κ2) is 7.90. The number of rotatable bonds is 2. The van der Waals surface area contributed by atoms with Gasteiger partial charge < -0.3 is 0 Å². The molecule has 0 saturated carbocycles. The number of aromatic nitrogens is 4. The van der Waals surface area contributed by atoms with Crippen molar-refractivity contribution >= 4 is 77.7 Å². The fourth-order valence-corrected chi connectivity index (χ4v) is 8.65. The summed E-state index contributed by atoms with van der Waals surface area (Å²) in [5.74, 6) is 0. The zero-order valence-corrected chi connectivity index (χ0v) is 22.5. The summed E-state index contributed by atoms with van der Waals surface area (Å²) in [5.41, 5.74) is 8.23. The molecule has 9 rings (SSSR count). The molecule has 4 aromatic heterocycles. The Labute approximate surface area is 229 Å². The van der Waals surface area contributed by atoms with E-state index in [1.807, 2.05) is 12.4 Å². The van der Waals surface area contributed by atoms with Crippen LogP contribution in [-0.2, 0) is 0 Å². The normalized spacial score (nSPS) is 12.1. The predicted molar refractivity (Wildman–Crippen MR) is 163 cm³/mol. The van der Waals surface area contributed by atoms with Crippen molar-refractivity contribution in [1.29, 1.82) is 0 Å². The van der Waals surface area contributed by atoms with E-state index in [2.05, 4.69) is 118 Å². The van der Waals surface area contributed by atoms with Crippen molar-refractivity contribution in [2.45, 2.75) is 0 Å². The van der Waals surface area contributed by atoms with E-state index < -0.39 is 0 Å². The van der Waals surface area contributed by atoms with Gasteiger partial charge in [0, 0.05) is 0 Å². The molecule has 0 N–H and O–H groups in total. The molecular formula is C34H20N4Se. The van der Waals surface area contributed by atoms with Crippen LogP contribution < -0.4 is 0 Å². The van der Waals surface area contributed by atoms with Crippen molar-refractivity contribution in [3.8, 4) is 11.4 Å². The van der Waals surface area contributed by atoms with Crippen molar-refractivity contribution < 1.29 is 0 Å². The van der Waals surface area contributed by atoms with Gasteiger partial charge >= 0.3 is 230 Å². The van der Waals surface area contributed by atoms with Crippen molar-refractivity contribution in [1.82, 2.24) is 19.1 Å². The van der Waals surface area contributed by atoms with E-state index in [0.29, 0.717) is 0 Å². The Balaban J connectivity index is 1.48. The van der Waals surface area contributed by atoms with E-state index >= 15 is 0 Å². The molecule has 0 aliphatic rings. The molecule has 39 heavy (non-hydrogen) atoms. The minimum atomic E-state index is 0.0233. The molecule has 0 aliphatic carbocycles. The predicted octanol–water partition coefficient (Wildman–Crippen LogP) is 8.03. The Hall–Kier alpha value is -4.70. The molecule has 182 valence electrons. The Bertz CT molecular complexity index is 2300. The summed E-state index contributed by atoms with van der Waals surface area (Å²) in [6.07, 6.45) is 3.65. The van der Waals surface area contributed by atoms with Gasteiger partial charge in [0.2, 0.25) is 0 Å². The van der Waals surface area contributed by atoms with E-state index in [1.54, 1.807) is 0 Å². The Morgan fingerprint density at radius 3 is 1.44 bits per heavy atom. The van der Waals surface area contributed by atoms with Crippen LogP contribution in [0.3, 0.4) is 0 Å². The monoisotopic (exact) mass is 564 g/mol. The van der Waals surface area contributed by atoms with E-state index in [9.17, 15) is 0 Å². The Morgan fingerprint density at radius 2 is 0.897 bits per heavy atom. The average Bonchev–Trinajstić information content (AvgIpc) is 3.65. The minimum absolute atomic E-state index is 0.0233. The number of nitrogens with zero attached hydrogens (tertiary/aromatic N) is 4. The molecule has 0 amide bonds. The zero-order valence-electron chi connectivity index (χ0n) is 20.7. The van der Waals surface area contributed by atoms with Crippen LogP contribution in [0, 0.1) is 0 Å². The molecule has 0 fully saturated rings. The quantitative estimate of drug-likeness (QED) is 0.200. The summed E-state index contributed by atoms with van der Waals surface area (Å²) in [4.78, 5) is 9.72. The summed E-state index contributed by atoms with van der Waals surface area (Å²) in [7, 11) is 0. The van der Waals surface area contributed by atoms with Crippen LogP contribution in [0.15, 0.2) is 122 Å². The topological polar surface area (TPSA) is 35.6 Å². The first-order valence-electron chi connectivity index (χ1n) is 13.0. The number of para-hydroxylation sites is 4. The van der Waals surface area contributed by atoms with Gasteiger partial charge in [-0.05, 0) is 0 Å². The van der Waals surface area contributed by atoms with E-state index in [1.165, 1.54) is 58.9 Å². The first-order chi connectivity index (χ1) is 19.4. The van der Waals surface area contributed by atoms with Gasteiger partial charge in [0.05, 0.1) is 0 Å². The second-order valence-corrected chi connectivity index (χ2v) is 12.0. The average molecular weight is 564 g/mol. The van der Waals surface area contributed by atoms with Crippen LogP contribution in [0.25, 0.3) is 74.5 Å². The van der Waals surface area contributed by atoms with Gasteiger partial charge in [-0.25, -0.2) is 0 Å². The third-order valence-corrected chi connectivity index (χ3v) is 10.2. The number of hydrogen-bond donors (Lipinski definition) is 0. The van der Waals surface area contributed by atoms with E-state index in [-0.39, 0.29) is 14.5 Å².